The van der Waals surface area contributed by atoms with E-state index < -0.39 is 0 Å². The Morgan fingerprint density at radius 2 is 2.11 bits per heavy atom. The molecular weight excluding hydrogens is 246 g/mol. The van der Waals surface area contributed by atoms with E-state index in [0.717, 1.165) is 6.42 Å². The molecular formula is C12H17N5O2. The second-order valence-electron chi connectivity index (χ2n) is 4.43. The van der Waals surface area contributed by atoms with Crippen molar-refractivity contribution < 1.29 is 9.59 Å². The van der Waals surface area contributed by atoms with Crippen LogP contribution in [0.2, 0.25) is 0 Å². The summed E-state index contributed by atoms with van der Waals surface area (Å²) in [7, 11) is 3.48. The second kappa shape index (κ2) is 5.64. The fourth-order valence-electron chi connectivity index (χ4n) is 1.89. The summed E-state index contributed by atoms with van der Waals surface area (Å²) >= 11 is 0. The number of hydrogen-bond acceptors (Lipinski definition) is 5. The van der Waals surface area contributed by atoms with Crippen LogP contribution in [0.3, 0.4) is 0 Å². The van der Waals surface area contributed by atoms with Gasteiger partial charge < -0.3 is 15.1 Å². The summed E-state index contributed by atoms with van der Waals surface area (Å²) in [6.45, 7) is 1.34. The van der Waals surface area contributed by atoms with E-state index in [9.17, 15) is 9.59 Å². The molecule has 7 heteroatoms. The minimum atomic E-state index is -0.251. The molecule has 102 valence electrons. The lowest BCUT2D eigenvalue weighted by atomic mass is 10.3. The van der Waals surface area contributed by atoms with Gasteiger partial charge in [0.05, 0.1) is 12.4 Å². The van der Waals surface area contributed by atoms with Crippen LogP contribution in [0.15, 0.2) is 12.4 Å². The minimum Gasteiger partial charge on any atom is -0.372 e. The first-order chi connectivity index (χ1) is 9.11. The third-order valence-electron chi connectivity index (χ3n) is 3.09. The first-order valence-corrected chi connectivity index (χ1v) is 6.15. The quantitative estimate of drug-likeness (QED) is 0.801. The van der Waals surface area contributed by atoms with E-state index in [1.54, 1.807) is 19.0 Å². The predicted molar refractivity (Wildman–Crippen MR) is 69.7 cm³/mol. The van der Waals surface area contributed by atoms with Crippen LogP contribution in [-0.4, -0.2) is 65.3 Å². The van der Waals surface area contributed by atoms with Gasteiger partial charge in [-0.2, -0.15) is 0 Å². The normalized spacial score (nSPS) is 16.2. The van der Waals surface area contributed by atoms with E-state index >= 15 is 0 Å². The zero-order chi connectivity index (χ0) is 13.8. The van der Waals surface area contributed by atoms with Crippen molar-refractivity contribution >= 4 is 17.6 Å². The van der Waals surface area contributed by atoms with Crippen LogP contribution in [0, 0.1) is 0 Å². The number of rotatable bonds is 2. The van der Waals surface area contributed by atoms with Crippen LogP contribution < -0.4 is 5.32 Å². The average molecular weight is 263 g/mol. The first kappa shape index (κ1) is 13.3. The zero-order valence-electron chi connectivity index (χ0n) is 11.1. The van der Waals surface area contributed by atoms with Crippen molar-refractivity contribution in [3.8, 4) is 0 Å². The smallest absolute Gasteiger partial charge is 0.274 e. The Balaban J connectivity index is 2.11. The Morgan fingerprint density at radius 3 is 2.74 bits per heavy atom. The molecule has 1 aliphatic rings. The number of nitrogens with one attached hydrogen (secondary N) is 1. The highest BCUT2D eigenvalue weighted by Gasteiger charge is 2.24. The minimum absolute atomic E-state index is 0.0503. The van der Waals surface area contributed by atoms with Crippen molar-refractivity contribution in [1.29, 1.82) is 0 Å². The fourth-order valence-corrected chi connectivity index (χ4v) is 1.89. The number of carbonyl (C=O) groups excluding carboxylic acids is 2. The maximum atomic E-state index is 12.2. The van der Waals surface area contributed by atoms with Crippen molar-refractivity contribution in [1.82, 2.24) is 19.8 Å². The number of anilines is 1. The van der Waals surface area contributed by atoms with Gasteiger partial charge in [0.2, 0.25) is 5.91 Å². The van der Waals surface area contributed by atoms with Crippen LogP contribution in [0.1, 0.15) is 16.9 Å². The van der Waals surface area contributed by atoms with Crippen LogP contribution in [0.5, 0.6) is 0 Å². The molecule has 0 radical (unpaired) electrons. The Morgan fingerprint density at radius 1 is 1.32 bits per heavy atom. The number of aromatic nitrogens is 2. The van der Waals surface area contributed by atoms with Gasteiger partial charge in [-0.05, 0) is 6.42 Å². The molecule has 1 saturated heterocycles. The highest BCUT2D eigenvalue weighted by Crippen LogP contribution is 2.08. The van der Waals surface area contributed by atoms with E-state index in [0.29, 0.717) is 18.9 Å². The molecule has 0 saturated carbocycles. The summed E-state index contributed by atoms with van der Waals surface area (Å²) in [5, 5.41) is 2.84. The monoisotopic (exact) mass is 263 g/mol. The Bertz CT molecular complexity index is 474. The zero-order valence-corrected chi connectivity index (χ0v) is 11.1. The topological polar surface area (TPSA) is 78.4 Å². The highest BCUT2D eigenvalue weighted by atomic mass is 16.2. The van der Waals surface area contributed by atoms with Crippen molar-refractivity contribution in [2.45, 2.75) is 6.42 Å². The molecule has 0 spiro atoms. The summed E-state index contributed by atoms with van der Waals surface area (Å²) in [5.74, 6) is 0.299. The average Bonchev–Trinajstić information content (AvgIpc) is 2.60. The summed E-state index contributed by atoms with van der Waals surface area (Å²) < 4.78 is 0. The summed E-state index contributed by atoms with van der Waals surface area (Å²) in [6.07, 6.45) is 3.70. The van der Waals surface area contributed by atoms with Crippen molar-refractivity contribution in [2.75, 3.05) is 39.0 Å². The third kappa shape index (κ3) is 2.98. The molecule has 19 heavy (non-hydrogen) atoms. The number of amides is 2. The van der Waals surface area contributed by atoms with E-state index in [1.807, 2.05) is 0 Å². The van der Waals surface area contributed by atoms with Crippen LogP contribution in [0.25, 0.3) is 0 Å². The molecule has 2 heterocycles. The van der Waals surface area contributed by atoms with E-state index in [1.165, 1.54) is 17.3 Å². The van der Waals surface area contributed by atoms with Crippen molar-refractivity contribution in [3.05, 3.63) is 18.1 Å². The largest absolute Gasteiger partial charge is 0.372 e. The molecule has 0 aromatic carbocycles. The first-order valence-electron chi connectivity index (χ1n) is 6.15. The van der Waals surface area contributed by atoms with Crippen LogP contribution in [-0.2, 0) is 4.79 Å². The van der Waals surface area contributed by atoms with Gasteiger partial charge >= 0.3 is 0 Å². The number of likely N-dealkylation sites (N-methyl/N-ethyl adjacent to an activating group) is 1. The molecule has 1 aromatic heterocycles. The maximum absolute atomic E-state index is 12.2. The predicted octanol–water partition coefficient (Wildman–Crippen LogP) is -0.177. The Kier molecular flexibility index (Phi) is 3.94. The summed E-state index contributed by atoms with van der Waals surface area (Å²) in [5.41, 5.74) is 0.261. The fraction of sp³-hybridized carbons (Fsp3) is 0.500. The van der Waals surface area contributed by atoms with Gasteiger partial charge in [-0.1, -0.05) is 0 Å². The molecule has 1 aliphatic heterocycles. The Labute approximate surface area is 111 Å². The van der Waals surface area contributed by atoms with Gasteiger partial charge in [0.15, 0.2) is 0 Å². The van der Waals surface area contributed by atoms with E-state index in [2.05, 4.69) is 15.3 Å². The maximum Gasteiger partial charge on any atom is 0.274 e. The van der Waals surface area contributed by atoms with Gasteiger partial charge in [-0.15, -0.1) is 0 Å². The molecule has 0 aliphatic carbocycles. The summed E-state index contributed by atoms with van der Waals surface area (Å²) in [4.78, 5) is 35.3. The second-order valence-corrected chi connectivity index (χ2v) is 4.43. The van der Waals surface area contributed by atoms with Gasteiger partial charge in [0.25, 0.3) is 5.91 Å². The molecule has 1 fully saturated rings. The molecule has 2 amide bonds. The molecule has 0 atom stereocenters. The molecule has 1 aromatic rings. The van der Waals surface area contributed by atoms with Crippen LogP contribution in [0.4, 0.5) is 5.82 Å². The molecule has 2 rings (SSSR count). The molecule has 1 N–H and O–H groups in total. The van der Waals surface area contributed by atoms with Crippen LogP contribution >= 0.6 is 0 Å². The third-order valence-corrected chi connectivity index (χ3v) is 3.09. The standard InChI is InChI=1S/C12H17N5O2/c1-13-10-7-14-9(6-15-10)12(19)17-5-3-4-16(2)11(18)8-17/h6-7H,3-5,8H2,1-2H3,(H,13,15). The number of carbonyl (C=O) groups is 2. The summed E-state index contributed by atoms with van der Waals surface area (Å²) in [6, 6.07) is 0. The lowest BCUT2D eigenvalue weighted by Gasteiger charge is -2.19. The van der Waals surface area contributed by atoms with Gasteiger partial charge in [0, 0.05) is 27.2 Å². The molecule has 7 nitrogen and oxygen atoms in total. The highest BCUT2D eigenvalue weighted by molar-refractivity contribution is 5.94. The van der Waals surface area contributed by atoms with Gasteiger partial charge in [-0.25, -0.2) is 9.97 Å². The van der Waals surface area contributed by atoms with E-state index in [-0.39, 0.29) is 24.1 Å². The molecule has 0 bridgehead atoms. The van der Waals surface area contributed by atoms with Gasteiger partial charge in [0.1, 0.15) is 18.1 Å². The molecule has 0 unspecified atom stereocenters. The SMILES string of the molecule is CNc1cnc(C(=O)N2CCCN(C)C(=O)C2)cn1. The van der Waals surface area contributed by atoms with Crippen molar-refractivity contribution in [3.63, 3.8) is 0 Å². The van der Waals surface area contributed by atoms with E-state index in [4.69, 9.17) is 0 Å². The number of nitrogens with zero attached hydrogens (tertiary/aromatic N) is 4. The Hall–Kier alpha value is -2.18. The lowest BCUT2D eigenvalue weighted by molar-refractivity contribution is -0.129. The number of hydrogen-bond donors (Lipinski definition) is 1. The lowest BCUT2D eigenvalue weighted by Crippen LogP contribution is -2.38. The van der Waals surface area contributed by atoms with Gasteiger partial charge in [-0.3, -0.25) is 9.59 Å². The van der Waals surface area contributed by atoms with Crippen molar-refractivity contribution in [2.24, 2.45) is 0 Å².